The van der Waals surface area contributed by atoms with E-state index in [1.54, 1.807) is 19.9 Å². The zero-order chi connectivity index (χ0) is 18.5. The van der Waals surface area contributed by atoms with Gasteiger partial charge in [0.05, 0.1) is 5.92 Å². The van der Waals surface area contributed by atoms with Crippen LogP contribution in [0.4, 0.5) is 0 Å². The van der Waals surface area contributed by atoms with Crippen molar-refractivity contribution < 1.29 is 28.6 Å². The maximum atomic E-state index is 12.4. The molecule has 0 spiro atoms. The number of hydrogen-bond acceptors (Lipinski definition) is 6. The summed E-state index contributed by atoms with van der Waals surface area (Å²) in [6.07, 6.45) is 1.78. The zero-order valence-electron chi connectivity index (χ0n) is 14.5. The van der Waals surface area contributed by atoms with Crippen LogP contribution in [0.15, 0.2) is 47.8 Å². The second-order valence-electron chi connectivity index (χ2n) is 6.90. The van der Waals surface area contributed by atoms with Crippen molar-refractivity contribution in [3.63, 3.8) is 0 Å². The van der Waals surface area contributed by atoms with E-state index in [0.717, 1.165) is 0 Å². The molecule has 6 nitrogen and oxygen atoms in total. The molecule has 3 aliphatic rings. The van der Waals surface area contributed by atoms with Crippen molar-refractivity contribution in [3.8, 4) is 0 Å². The molecule has 6 heteroatoms. The van der Waals surface area contributed by atoms with Crippen molar-refractivity contribution >= 4 is 17.7 Å². The number of ether oxygens (including phenoxy) is 3. The summed E-state index contributed by atoms with van der Waals surface area (Å²) < 4.78 is 16.8. The second-order valence-corrected chi connectivity index (χ2v) is 6.90. The van der Waals surface area contributed by atoms with Crippen LogP contribution in [0, 0.1) is 5.92 Å². The van der Waals surface area contributed by atoms with Gasteiger partial charge in [0.25, 0.3) is 0 Å². The summed E-state index contributed by atoms with van der Waals surface area (Å²) in [5.41, 5.74) is -0.0508. The highest BCUT2D eigenvalue weighted by Gasteiger charge is 2.51. The summed E-state index contributed by atoms with van der Waals surface area (Å²) in [7, 11) is 0. The van der Waals surface area contributed by atoms with Crippen LogP contribution in [0.3, 0.4) is 0 Å². The maximum Gasteiger partial charge on any atom is 0.334 e. The Hall–Kier alpha value is -2.63. The first-order valence-electron chi connectivity index (χ1n) is 8.02. The molecule has 25 heavy (non-hydrogen) atoms. The Balaban J connectivity index is 2.07. The minimum atomic E-state index is -1.18. The molecule has 132 valence electrons. The molecule has 3 heterocycles. The van der Waals surface area contributed by atoms with Gasteiger partial charge in [-0.05, 0) is 32.4 Å². The smallest absolute Gasteiger partial charge is 0.334 e. The van der Waals surface area contributed by atoms with Crippen molar-refractivity contribution in [3.05, 3.63) is 47.8 Å². The molecule has 0 aromatic rings. The second kappa shape index (κ2) is 5.72. The van der Waals surface area contributed by atoms with E-state index in [9.17, 15) is 14.4 Å². The van der Waals surface area contributed by atoms with E-state index in [2.05, 4.69) is 13.2 Å². The van der Waals surface area contributed by atoms with Gasteiger partial charge in [-0.1, -0.05) is 13.2 Å². The standard InChI is InChI=1S/C19H20O6/c1-9(2)17(21)24-14-8-19(5)15(20)7-12(25-19)10(3)6-13-16(14)11(4)18(22)23-13/h6-7,13-14,16H,1,4,8H2,2-3,5H3/b10-6-/t13-,14-,16?,19-/m1/s1. The number of fused-ring (bicyclic) bond motifs is 3. The predicted molar refractivity (Wildman–Crippen MR) is 88.2 cm³/mol. The van der Waals surface area contributed by atoms with Crippen LogP contribution < -0.4 is 0 Å². The SMILES string of the molecule is C=C(C)C(=O)O[C@@H]1C[C@@]2(C)OC(=CC2=O)/C(C)=C\[C@H]2OC(=O)C(=C)C21. The van der Waals surface area contributed by atoms with Gasteiger partial charge in [-0.25, -0.2) is 9.59 Å². The number of hydrogen-bond donors (Lipinski definition) is 0. The van der Waals surface area contributed by atoms with Gasteiger partial charge in [0.2, 0.25) is 5.78 Å². The van der Waals surface area contributed by atoms with E-state index < -0.39 is 35.7 Å². The van der Waals surface area contributed by atoms with Crippen molar-refractivity contribution in [2.45, 2.75) is 45.0 Å². The summed E-state index contributed by atoms with van der Waals surface area (Å²) in [6, 6.07) is 0. The topological polar surface area (TPSA) is 78.9 Å². The molecule has 3 aliphatic heterocycles. The Bertz CT molecular complexity index is 771. The average molecular weight is 344 g/mol. The molecule has 0 aromatic carbocycles. The molecule has 1 saturated heterocycles. The molecule has 2 bridgehead atoms. The van der Waals surface area contributed by atoms with Gasteiger partial charge < -0.3 is 14.2 Å². The first kappa shape index (κ1) is 17.2. The Morgan fingerprint density at radius 1 is 1.40 bits per heavy atom. The van der Waals surface area contributed by atoms with Crippen LogP contribution in [0.5, 0.6) is 0 Å². The fourth-order valence-electron chi connectivity index (χ4n) is 3.30. The van der Waals surface area contributed by atoms with E-state index in [4.69, 9.17) is 14.2 Å². The summed E-state index contributed by atoms with van der Waals surface area (Å²) in [6.45, 7) is 12.3. The quantitative estimate of drug-likeness (QED) is 0.564. The van der Waals surface area contributed by atoms with Crippen LogP contribution in [0.2, 0.25) is 0 Å². The molecule has 0 aromatic heterocycles. The van der Waals surface area contributed by atoms with Crippen molar-refractivity contribution in [1.29, 1.82) is 0 Å². The minimum Gasteiger partial charge on any atom is -0.479 e. The Morgan fingerprint density at radius 2 is 2.08 bits per heavy atom. The fourth-order valence-corrected chi connectivity index (χ4v) is 3.30. The highest BCUT2D eigenvalue weighted by atomic mass is 16.6. The van der Waals surface area contributed by atoms with Gasteiger partial charge >= 0.3 is 11.9 Å². The number of rotatable bonds is 2. The first-order chi connectivity index (χ1) is 11.6. The Labute approximate surface area is 145 Å². The van der Waals surface area contributed by atoms with E-state index in [1.807, 2.05) is 0 Å². The van der Waals surface area contributed by atoms with Crippen LogP contribution in [-0.4, -0.2) is 35.5 Å². The Morgan fingerprint density at radius 3 is 2.72 bits per heavy atom. The molecule has 0 N–H and O–H groups in total. The van der Waals surface area contributed by atoms with E-state index in [0.29, 0.717) is 11.3 Å². The molecular weight excluding hydrogens is 324 g/mol. The molecule has 0 radical (unpaired) electrons. The van der Waals surface area contributed by atoms with Crippen molar-refractivity contribution in [2.75, 3.05) is 0 Å². The summed E-state index contributed by atoms with van der Waals surface area (Å²) in [4.78, 5) is 36.6. The lowest BCUT2D eigenvalue weighted by atomic mass is 9.82. The maximum absolute atomic E-state index is 12.4. The lowest BCUT2D eigenvalue weighted by Crippen LogP contribution is -2.42. The zero-order valence-corrected chi connectivity index (χ0v) is 14.5. The molecule has 1 fully saturated rings. The van der Waals surface area contributed by atoms with Gasteiger partial charge in [0.15, 0.2) is 5.60 Å². The normalized spacial score (nSPS) is 36.0. The molecule has 4 atom stereocenters. The monoisotopic (exact) mass is 344 g/mol. The number of esters is 2. The molecule has 0 saturated carbocycles. The van der Waals surface area contributed by atoms with Gasteiger partial charge in [-0.15, -0.1) is 0 Å². The fraction of sp³-hybridized carbons (Fsp3) is 0.421. The Kier molecular flexibility index (Phi) is 3.94. The van der Waals surface area contributed by atoms with E-state index in [-0.39, 0.29) is 23.4 Å². The lowest BCUT2D eigenvalue weighted by Gasteiger charge is -2.31. The molecule has 3 rings (SSSR count). The predicted octanol–water partition coefficient (Wildman–Crippen LogP) is 2.16. The summed E-state index contributed by atoms with van der Waals surface area (Å²) in [5, 5.41) is 0. The van der Waals surface area contributed by atoms with Crippen molar-refractivity contribution in [1.82, 2.24) is 0 Å². The summed E-state index contributed by atoms with van der Waals surface area (Å²) >= 11 is 0. The van der Waals surface area contributed by atoms with Crippen LogP contribution in [0.25, 0.3) is 0 Å². The molecule has 0 amide bonds. The van der Waals surface area contributed by atoms with Gasteiger partial charge in [-0.2, -0.15) is 0 Å². The highest BCUT2D eigenvalue weighted by Crippen LogP contribution is 2.42. The molecular formula is C19H20O6. The van der Waals surface area contributed by atoms with Gasteiger partial charge in [0.1, 0.15) is 18.0 Å². The third-order valence-electron chi connectivity index (χ3n) is 4.78. The summed E-state index contributed by atoms with van der Waals surface area (Å²) in [5.74, 6) is -1.49. The third-order valence-corrected chi connectivity index (χ3v) is 4.78. The number of allylic oxidation sites excluding steroid dienone is 1. The molecule has 1 unspecified atom stereocenters. The lowest BCUT2D eigenvalue weighted by molar-refractivity contribution is -0.153. The van der Waals surface area contributed by atoms with Crippen LogP contribution in [0.1, 0.15) is 27.2 Å². The number of ketones is 1. The van der Waals surface area contributed by atoms with E-state index >= 15 is 0 Å². The highest BCUT2D eigenvalue weighted by molar-refractivity contribution is 6.00. The van der Waals surface area contributed by atoms with Crippen molar-refractivity contribution in [2.24, 2.45) is 5.92 Å². The minimum absolute atomic E-state index is 0.0861. The van der Waals surface area contributed by atoms with Gasteiger partial charge in [0, 0.05) is 23.6 Å². The third kappa shape index (κ3) is 2.81. The van der Waals surface area contributed by atoms with E-state index in [1.165, 1.54) is 13.0 Å². The van der Waals surface area contributed by atoms with Crippen LogP contribution in [-0.2, 0) is 28.6 Å². The van der Waals surface area contributed by atoms with Crippen LogP contribution >= 0.6 is 0 Å². The number of carbonyl (C=O) groups is 3. The van der Waals surface area contributed by atoms with Gasteiger partial charge in [-0.3, -0.25) is 4.79 Å². The average Bonchev–Trinajstić information content (AvgIpc) is 2.96. The number of carbonyl (C=O) groups excluding carboxylic acids is 3. The first-order valence-corrected chi connectivity index (χ1v) is 8.02. The largest absolute Gasteiger partial charge is 0.479 e. The molecule has 0 aliphatic carbocycles.